The van der Waals surface area contributed by atoms with Gasteiger partial charge in [-0.25, -0.2) is 22.9 Å². The van der Waals surface area contributed by atoms with Crippen LogP contribution in [0.25, 0.3) is 0 Å². The zero-order valence-corrected chi connectivity index (χ0v) is 21.3. The summed E-state index contributed by atoms with van der Waals surface area (Å²) in [6.45, 7) is 7.88. The van der Waals surface area contributed by atoms with E-state index in [2.05, 4.69) is 15.2 Å². The van der Waals surface area contributed by atoms with Gasteiger partial charge in [-0.1, -0.05) is 11.3 Å². The maximum absolute atomic E-state index is 14.0. The molecule has 4 rings (SSSR count). The molecule has 1 saturated heterocycles. The van der Waals surface area contributed by atoms with E-state index in [0.29, 0.717) is 44.0 Å². The van der Waals surface area contributed by atoms with E-state index in [1.807, 2.05) is 45.0 Å². The Morgan fingerprint density at radius 1 is 1.03 bits per heavy atom. The van der Waals surface area contributed by atoms with Crippen molar-refractivity contribution in [2.75, 3.05) is 42.1 Å². The number of anilines is 4. The summed E-state index contributed by atoms with van der Waals surface area (Å²) in [5.41, 5.74) is 6.02. The number of nitrogen functional groups attached to an aromatic ring is 1. The molecule has 0 unspecified atom stereocenters. The summed E-state index contributed by atoms with van der Waals surface area (Å²) in [4.78, 5) is 32.7. The topological polar surface area (TPSA) is 101 Å². The molecule has 0 aliphatic carbocycles. The first kappa shape index (κ1) is 26.3. The largest absolute Gasteiger partial charge is 0.444 e. The minimum absolute atomic E-state index is 0.161. The van der Waals surface area contributed by atoms with Crippen molar-refractivity contribution in [2.45, 2.75) is 26.4 Å². The van der Waals surface area contributed by atoms with Gasteiger partial charge >= 0.3 is 6.09 Å². The molecule has 1 aliphatic heterocycles. The van der Waals surface area contributed by atoms with Gasteiger partial charge < -0.3 is 25.6 Å². The second kappa shape index (κ2) is 10.3. The zero-order chi connectivity index (χ0) is 26.9. The number of amides is 1. The highest BCUT2D eigenvalue weighted by molar-refractivity contribution is 7.18. The number of aromatic nitrogens is 1. The molecule has 3 aromatic rings. The summed E-state index contributed by atoms with van der Waals surface area (Å²) in [6, 6.07) is 8.30. The third kappa shape index (κ3) is 6.13. The summed E-state index contributed by atoms with van der Waals surface area (Å²) >= 11 is 0.834. The molecule has 1 aromatic heterocycles. The third-order valence-corrected chi connectivity index (χ3v) is 6.49. The predicted molar refractivity (Wildman–Crippen MR) is 136 cm³/mol. The van der Waals surface area contributed by atoms with Crippen molar-refractivity contribution in [1.82, 2.24) is 9.88 Å². The number of thiazole rings is 1. The monoisotopic (exact) mass is 533 g/mol. The van der Waals surface area contributed by atoms with Crippen LogP contribution in [0.1, 0.15) is 36.0 Å². The number of ketones is 1. The van der Waals surface area contributed by atoms with Crippen molar-refractivity contribution in [3.63, 3.8) is 0 Å². The van der Waals surface area contributed by atoms with Crippen molar-refractivity contribution < 1.29 is 27.5 Å². The van der Waals surface area contributed by atoms with Crippen LogP contribution in [0.15, 0.2) is 36.4 Å². The number of ether oxygens (including phenoxy) is 1. The molecular weight excluding hydrogens is 507 g/mol. The van der Waals surface area contributed by atoms with Crippen molar-refractivity contribution in [3.05, 3.63) is 64.3 Å². The average molecular weight is 534 g/mol. The molecule has 8 nitrogen and oxygen atoms in total. The molecule has 37 heavy (non-hydrogen) atoms. The van der Waals surface area contributed by atoms with Gasteiger partial charge in [-0.05, 0) is 45.0 Å². The smallest absolute Gasteiger partial charge is 0.410 e. The van der Waals surface area contributed by atoms with Crippen LogP contribution in [0.4, 0.5) is 40.3 Å². The summed E-state index contributed by atoms with van der Waals surface area (Å²) in [7, 11) is 0. The van der Waals surface area contributed by atoms with Crippen LogP contribution >= 0.6 is 11.3 Å². The minimum atomic E-state index is -1.31. The van der Waals surface area contributed by atoms with Crippen LogP contribution < -0.4 is 16.0 Å². The van der Waals surface area contributed by atoms with E-state index in [1.165, 1.54) is 0 Å². The van der Waals surface area contributed by atoms with Gasteiger partial charge in [0.1, 0.15) is 33.7 Å². The van der Waals surface area contributed by atoms with Gasteiger partial charge in [0.25, 0.3) is 0 Å². The molecule has 0 saturated carbocycles. The number of halogens is 3. The van der Waals surface area contributed by atoms with Crippen LogP contribution in [0.5, 0.6) is 0 Å². The Labute approximate surface area is 215 Å². The number of nitrogens with zero attached hydrogens (tertiary/aromatic N) is 3. The summed E-state index contributed by atoms with van der Waals surface area (Å²) in [5.74, 6) is -4.96. The van der Waals surface area contributed by atoms with E-state index in [4.69, 9.17) is 10.5 Å². The predicted octanol–water partition coefficient (Wildman–Crippen LogP) is 5.17. The maximum Gasteiger partial charge on any atom is 0.410 e. The van der Waals surface area contributed by atoms with Gasteiger partial charge in [-0.2, -0.15) is 0 Å². The zero-order valence-electron chi connectivity index (χ0n) is 20.5. The van der Waals surface area contributed by atoms with Gasteiger partial charge in [-0.3, -0.25) is 4.79 Å². The summed E-state index contributed by atoms with van der Waals surface area (Å²) in [5, 5.41) is 3.28. The Kier molecular flexibility index (Phi) is 7.30. The number of nitrogens with one attached hydrogen (secondary N) is 1. The number of nitrogens with two attached hydrogens (primary N) is 1. The fraction of sp³-hybridized carbons (Fsp3) is 0.320. The number of carbonyl (C=O) groups is 2. The van der Waals surface area contributed by atoms with Gasteiger partial charge in [0.2, 0.25) is 5.78 Å². The number of hydrogen-bond donors (Lipinski definition) is 2. The molecule has 0 atom stereocenters. The first-order chi connectivity index (χ1) is 17.4. The van der Waals surface area contributed by atoms with Crippen molar-refractivity contribution in [3.8, 4) is 0 Å². The molecule has 1 fully saturated rings. The first-order valence-electron chi connectivity index (χ1n) is 11.5. The molecule has 2 aromatic carbocycles. The summed E-state index contributed by atoms with van der Waals surface area (Å²) in [6.07, 6.45) is -0.322. The SMILES string of the molecule is CC(C)(C)OC(=O)N1CCN(c2ccc(Nc3nc(N)c(C(=O)c4c(F)cc(F)cc4F)s3)cc2)CC1. The molecule has 1 aliphatic rings. The van der Waals surface area contributed by atoms with Crippen molar-refractivity contribution in [2.24, 2.45) is 0 Å². The molecule has 0 spiro atoms. The number of hydrogen-bond acceptors (Lipinski definition) is 8. The number of benzene rings is 2. The van der Waals surface area contributed by atoms with E-state index in [-0.39, 0.29) is 21.9 Å². The van der Waals surface area contributed by atoms with Crippen LogP contribution in [-0.4, -0.2) is 53.5 Å². The average Bonchev–Trinajstić information content (AvgIpc) is 3.17. The Morgan fingerprint density at radius 2 is 1.62 bits per heavy atom. The highest BCUT2D eigenvalue weighted by Gasteiger charge is 2.27. The quantitative estimate of drug-likeness (QED) is 0.436. The molecular formula is C25H26F3N5O3S. The lowest BCUT2D eigenvalue weighted by atomic mass is 10.1. The fourth-order valence-corrected chi connectivity index (χ4v) is 4.62. The number of carbonyl (C=O) groups excluding carboxylic acids is 2. The highest BCUT2D eigenvalue weighted by atomic mass is 32.1. The van der Waals surface area contributed by atoms with E-state index in [0.717, 1.165) is 17.0 Å². The Bertz CT molecular complexity index is 1290. The van der Waals surface area contributed by atoms with Gasteiger partial charge in [-0.15, -0.1) is 0 Å². The van der Waals surface area contributed by atoms with Crippen LogP contribution in [0.2, 0.25) is 0 Å². The Morgan fingerprint density at radius 3 is 2.19 bits per heavy atom. The van der Waals surface area contributed by atoms with E-state index in [9.17, 15) is 22.8 Å². The molecule has 0 bridgehead atoms. The van der Waals surface area contributed by atoms with Crippen molar-refractivity contribution in [1.29, 1.82) is 0 Å². The third-order valence-electron chi connectivity index (χ3n) is 5.51. The normalized spacial score (nSPS) is 14.0. The molecule has 3 N–H and O–H groups in total. The Hall–Kier alpha value is -3.80. The lowest BCUT2D eigenvalue weighted by molar-refractivity contribution is 0.0240. The molecule has 0 radical (unpaired) electrons. The number of rotatable bonds is 5. The van der Waals surface area contributed by atoms with Gasteiger partial charge in [0.15, 0.2) is 5.13 Å². The standard InChI is InChI=1S/C25H26F3N5O3S/c1-25(2,3)36-24(35)33-10-8-32(9-11-33)16-6-4-15(5-7-16)30-23-31-22(29)21(37-23)20(34)19-17(27)12-14(26)13-18(19)28/h4-7,12-13H,8-11,29H2,1-3H3,(H,30,31). The molecule has 196 valence electrons. The number of piperazine rings is 1. The summed E-state index contributed by atoms with van der Waals surface area (Å²) < 4.78 is 46.7. The lowest BCUT2D eigenvalue weighted by Gasteiger charge is -2.36. The van der Waals surface area contributed by atoms with E-state index in [1.54, 1.807) is 4.90 Å². The highest BCUT2D eigenvalue weighted by Crippen LogP contribution is 2.32. The maximum atomic E-state index is 14.0. The lowest BCUT2D eigenvalue weighted by Crippen LogP contribution is -2.50. The second-order valence-corrected chi connectivity index (χ2v) is 10.4. The Balaban J connectivity index is 1.39. The molecule has 1 amide bonds. The van der Waals surface area contributed by atoms with Crippen LogP contribution in [0.3, 0.4) is 0 Å². The van der Waals surface area contributed by atoms with Crippen LogP contribution in [-0.2, 0) is 4.74 Å². The van der Waals surface area contributed by atoms with E-state index < -0.39 is 34.4 Å². The first-order valence-corrected chi connectivity index (χ1v) is 12.3. The second-order valence-electron chi connectivity index (χ2n) is 9.43. The molecule has 12 heteroatoms. The van der Waals surface area contributed by atoms with Gasteiger partial charge in [0.05, 0.1) is 5.56 Å². The van der Waals surface area contributed by atoms with Crippen LogP contribution in [0, 0.1) is 17.5 Å². The van der Waals surface area contributed by atoms with Crippen molar-refractivity contribution >= 4 is 45.5 Å². The molecule has 2 heterocycles. The van der Waals surface area contributed by atoms with Gasteiger partial charge in [0, 0.05) is 49.7 Å². The minimum Gasteiger partial charge on any atom is -0.444 e. The fourth-order valence-electron chi connectivity index (χ4n) is 3.77. The van der Waals surface area contributed by atoms with E-state index >= 15 is 0 Å².